The largest absolute Gasteiger partial charge is 0.385 e. The summed E-state index contributed by atoms with van der Waals surface area (Å²) in [7, 11) is 3.69. The van der Waals surface area contributed by atoms with Gasteiger partial charge in [0.25, 0.3) is 0 Å². The number of carbonyl (C=O) groups is 1. The van der Waals surface area contributed by atoms with E-state index in [0.29, 0.717) is 13.0 Å². The number of nitrogens with two attached hydrogens (primary N) is 1. The highest BCUT2D eigenvalue weighted by Gasteiger charge is 2.17. The van der Waals surface area contributed by atoms with Crippen LogP contribution in [0, 0.1) is 0 Å². The molecule has 0 radical (unpaired) electrons. The Labute approximate surface area is 105 Å². The van der Waals surface area contributed by atoms with Crippen molar-refractivity contribution in [1.29, 1.82) is 0 Å². The molecule has 3 N–H and O–H groups in total. The number of amides is 1. The number of hydrogen-bond acceptors (Lipinski definition) is 4. The molecule has 0 spiro atoms. The molecular formula is C12H27N3O2. The predicted molar refractivity (Wildman–Crippen MR) is 69.9 cm³/mol. The lowest BCUT2D eigenvalue weighted by molar-refractivity contribution is -0.122. The lowest BCUT2D eigenvalue weighted by atomic mass is 10.1. The van der Waals surface area contributed by atoms with Crippen LogP contribution in [0.1, 0.15) is 26.7 Å². The molecule has 5 heteroatoms. The van der Waals surface area contributed by atoms with Crippen molar-refractivity contribution in [3.63, 3.8) is 0 Å². The second-order valence-electron chi connectivity index (χ2n) is 4.64. The first-order chi connectivity index (χ1) is 8.01. The molecule has 0 aliphatic heterocycles. The van der Waals surface area contributed by atoms with Crippen LogP contribution in [0.15, 0.2) is 0 Å². The molecule has 1 atom stereocenters. The Hall–Kier alpha value is -0.650. The Kier molecular flexibility index (Phi) is 9.03. The van der Waals surface area contributed by atoms with Crippen molar-refractivity contribution in [2.24, 2.45) is 5.73 Å². The molecule has 0 aliphatic rings. The van der Waals surface area contributed by atoms with Gasteiger partial charge in [-0.25, -0.2) is 0 Å². The van der Waals surface area contributed by atoms with E-state index < -0.39 is 0 Å². The van der Waals surface area contributed by atoms with Crippen LogP contribution in [-0.2, 0) is 9.53 Å². The molecule has 0 fully saturated rings. The SMILES string of the molecule is COCCCN(C)C(CN)CC(=O)NC(C)C. The van der Waals surface area contributed by atoms with Crippen molar-refractivity contribution in [2.45, 2.75) is 38.8 Å². The van der Waals surface area contributed by atoms with Gasteiger partial charge in [0.05, 0.1) is 0 Å². The number of rotatable bonds is 9. The zero-order valence-corrected chi connectivity index (χ0v) is 11.5. The molecule has 0 aromatic rings. The fourth-order valence-electron chi connectivity index (χ4n) is 1.65. The van der Waals surface area contributed by atoms with Gasteiger partial charge in [-0.15, -0.1) is 0 Å². The van der Waals surface area contributed by atoms with E-state index in [1.54, 1.807) is 7.11 Å². The Morgan fingerprint density at radius 3 is 2.59 bits per heavy atom. The molecule has 0 saturated carbocycles. The summed E-state index contributed by atoms with van der Waals surface area (Å²) in [5.74, 6) is 0.0639. The van der Waals surface area contributed by atoms with Crippen molar-refractivity contribution in [3.05, 3.63) is 0 Å². The van der Waals surface area contributed by atoms with Gasteiger partial charge in [0.1, 0.15) is 0 Å². The smallest absolute Gasteiger partial charge is 0.221 e. The first-order valence-electron chi connectivity index (χ1n) is 6.19. The Balaban J connectivity index is 3.99. The van der Waals surface area contributed by atoms with Crippen molar-refractivity contribution in [2.75, 3.05) is 33.9 Å². The molecule has 1 unspecified atom stereocenters. The number of carbonyl (C=O) groups excluding carboxylic acids is 1. The zero-order chi connectivity index (χ0) is 13.3. The number of likely N-dealkylation sites (N-methyl/N-ethyl adjacent to an activating group) is 1. The molecule has 0 rings (SSSR count). The standard InChI is InChI=1S/C12H27N3O2/c1-10(2)14-12(16)8-11(9-13)15(3)6-5-7-17-4/h10-11H,5-9,13H2,1-4H3,(H,14,16). The molecule has 0 aromatic carbocycles. The molecule has 0 saturated heterocycles. The molecule has 5 nitrogen and oxygen atoms in total. The number of hydrogen-bond donors (Lipinski definition) is 2. The van der Waals surface area contributed by atoms with E-state index in [-0.39, 0.29) is 18.0 Å². The number of ether oxygens (including phenoxy) is 1. The summed E-state index contributed by atoms with van der Waals surface area (Å²) in [6.45, 7) is 6.04. The molecule has 0 bridgehead atoms. The minimum atomic E-state index is 0.0639. The van der Waals surface area contributed by atoms with E-state index in [4.69, 9.17) is 10.5 Å². The molecule has 17 heavy (non-hydrogen) atoms. The second-order valence-corrected chi connectivity index (χ2v) is 4.64. The molecule has 0 aliphatic carbocycles. The minimum Gasteiger partial charge on any atom is -0.385 e. The summed E-state index contributed by atoms with van der Waals surface area (Å²) >= 11 is 0. The second kappa shape index (κ2) is 9.39. The van der Waals surface area contributed by atoms with E-state index in [0.717, 1.165) is 19.6 Å². The molecule has 102 valence electrons. The zero-order valence-electron chi connectivity index (χ0n) is 11.5. The average Bonchev–Trinajstić information content (AvgIpc) is 2.25. The van der Waals surface area contributed by atoms with Gasteiger partial charge in [-0.3, -0.25) is 4.79 Å². The van der Waals surface area contributed by atoms with Crippen molar-refractivity contribution < 1.29 is 9.53 Å². The van der Waals surface area contributed by atoms with Gasteiger partial charge in [-0.2, -0.15) is 0 Å². The highest BCUT2D eigenvalue weighted by Crippen LogP contribution is 2.02. The fraction of sp³-hybridized carbons (Fsp3) is 0.917. The maximum Gasteiger partial charge on any atom is 0.221 e. The van der Waals surface area contributed by atoms with Crippen LogP contribution in [0.5, 0.6) is 0 Å². The topological polar surface area (TPSA) is 67.6 Å². The lowest BCUT2D eigenvalue weighted by Crippen LogP contribution is -2.43. The third-order valence-electron chi connectivity index (χ3n) is 2.63. The summed E-state index contributed by atoms with van der Waals surface area (Å²) in [6, 6.07) is 0.283. The Morgan fingerprint density at radius 2 is 2.12 bits per heavy atom. The van der Waals surface area contributed by atoms with Crippen LogP contribution in [0.3, 0.4) is 0 Å². The fourth-order valence-corrected chi connectivity index (χ4v) is 1.65. The molecular weight excluding hydrogens is 218 g/mol. The van der Waals surface area contributed by atoms with E-state index in [1.807, 2.05) is 20.9 Å². The van der Waals surface area contributed by atoms with Gasteiger partial charge in [0.15, 0.2) is 0 Å². The third-order valence-corrected chi connectivity index (χ3v) is 2.63. The van der Waals surface area contributed by atoms with E-state index in [1.165, 1.54) is 0 Å². The van der Waals surface area contributed by atoms with Gasteiger partial charge in [-0.05, 0) is 27.3 Å². The van der Waals surface area contributed by atoms with Gasteiger partial charge in [-0.1, -0.05) is 0 Å². The monoisotopic (exact) mass is 245 g/mol. The first-order valence-corrected chi connectivity index (χ1v) is 6.19. The quantitative estimate of drug-likeness (QED) is 0.569. The number of nitrogens with zero attached hydrogens (tertiary/aromatic N) is 1. The van der Waals surface area contributed by atoms with Crippen LogP contribution in [0.2, 0.25) is 0 Å². The normalized spacial score (nSPS) is 13.1. The predicted octanol–water partition coefficient (Wildman–Crippen LogP) is 0.197. The van der Waals surface area contributed by atoms with Crippen molar-refractivity contribution >= 4 is 5.91 Å². The summed E-state index contributed by atoms with van der Waals surface area (Å²) in [6.07, 6.45) is 1.41. The highest BCUT2D eigenvalue weighted by molar-refractivity contribution is 5.76. The van der Waals surface area contributed by atoms with Crippen molar-refractivity contribution in [1.82, 2.24) is 10.2 Å². The van der Waals surface area contributed by atoms with Crippen LogP contribution >= 0.6 is 0 Å². The highest BCUT2D eigenvalue weighted by atomic mass is 16.5. The first kappa shape index (κ1) is 16.4. The molecule has 0 heterocycles. The van der Waals surface area contributed by atoms with Gasteiger partial charge in [0, 0.05) is 45.3 Å². The van der Waals surface area contributed by atoms with E-state index in [9.17, 15) is 4.79 Å². The van der Waals surface area contributed by atoms with Gasteiger partial charge < -0.3 is 20.7 Å². The van der Waals surface area contributed by atoms with Crippen LogP contribution in [0.25, 0.3) is 0 Å². The van der Waals surface area contributed by atoms with E-state index in [2.05, 4.69) is 10.2 Å². The van der Waals surface area contributed by atoms with Crippen LogP contribution < -0.4 is 11.1 Å². The lowest BCUT2D eigenvalue weighted by Gasteiger charge is -2.26. The Morgan fingerprint density at radius 1 is 1.47 bits per heavy atom. The van der Waals surface area contributed by atoms with Gasteiger partial charge in [0.2, 0.25) is 5.91 Å². The van der Waals surface area contributed by atoms with Crippen molar-refractivity contribution in [3.8, 4) is 0 Å². The van der Waals surface area contributed by atoms with Crippen LogP contribution in [0.4, 0.5) is 0 Å². The summed E-state index contributed by atoms with van der Waals surface area (Å²) in [5, 5.41) is 2.88. The third kappa shape index (κ3) is 8.12. The maximum absolute atomic E-state index is 11.6. The summed E-state index contributed by atoms with van der Waals surface area (Å²) in [5.41, 5.74) is 5.70. The number of methoxy groups -OCH3 is 1. The van der Waals surface area contributed by atoms with Crippen LogP contribution in [-0.4, -0.2) is 56.7 Å². The van der Waals surface area contributed by atoms with E-state index >= 15 is 0 Å². The molecule has 0 aromatic heterocycles. The van der Waals surface area contributed by atoms with Gasteiger partial charge >= 0.3 is 0 Å². The Bertz CT molecular complexity index is 210. The number of nitrogens with one attached hydrogen (secondary N) is 1. The summed E-state index contributed by atoms with van der Waals surface area (Å²) in [4.78, 5) is 13.8. The molecule has 1 amide bonds. The maximum atomic E-state index is 11.6. The minimum absolute atomic E-state index is 0.0639. The average molecular weight is 245 g/mol. The summed E-state index contributed by atoms with van der Waals surface area (Å²) < 4.78 is 5.00.